The smallest absolute Gasteiger partial charge is 0.182 e. The first-order valence-corrected chi connectivity index (χ1v) is 6.03. The van der Waals surface area contributed by atoms with Crippen LogP contribution in [0.15, 0.2) is 23.1 Å². The van der Waals surface area contributed by atoms with Crippen molar-refractivity contribution in [1.82, 2.24) is 0 Å². The van der Waals surface area contributed by atoms with Gasteiger partial charge in [0.15, 0.2) is 9.84 Å². The molecule has 14 heavy (non-hydrogen) atoms. The van der Waals surface area contributed by atoms with E-state index in [1.807, 2.05) is 6.92 Å². The Morgan fingerprint density at radius 1 is 1.50 bits per heavy atom. The standard InChI is InChI=1S/C9H12N2O2S/c1-6-5-14(12,13)9-4-7(10)2-3-8(9)11-6/h2-4,6,11H,5,10H2,1H3. The lowest BCUT2D eigenvalue weighted by molar-refractivity contribution is 0.589. The number of anilines is 2. The lowest BCUT2D eigenvalue weighted by Crippen LogP contribution is -2.31. The summed E-state index contributed by atoms with van der Waals surface area (Å²) < 4.78 is 23.5. The number of nitrogen functional groups attached to an aromatic ring is 1. The number of nitrogens with two attached hydrogens (primary N) is 1. The monoisotopic (exact) mass is 212 g/mol. The van der Waals surface area contributed by atoms with Crippen molar-refractivity contribution >= 4 is 21.2 Å². The van der Waals surface area contributed by atoms with Crippen LogP contribution < -0.4 is 11.1 Å². The summed E-state index contributed by atoms with van der Waals surface area (Å²) in [6, 6.07) is 4.86. The quantitative estimate of drug-likeness (QED) is 0.625. The highest BCUT2D eigenvalue weighted by atomic mass is 32.2. The van der Waals surface area contributed by atoms with Crippen LogP contribution in [0.3, 0.4) is 0 Å². The summed E-state index contributed by atoms with van der Waals surface area (Å²) in [4.78, 5) is 0.315. The van der Waals surface area contributed by atoms with Gasteiger partial charge in [0, 0.05) is 11.7 Å². The van der Waals surface area contributed by atoms with Crippen molar-refractivity contribution < 1.29 is 8.42 Å². The van der Waals surface area contributed by atoms with Crippen LogP contribution in [-0.4, -0.2) is 20.2 Å². The molecule has 5 heteroatoms. The van der Waals surface area contributed by atoms with E-state index in [1.165, 1.54) is 6.07 Å². The molecule has 4 nitrogen and oxygen atoms in total. The third-order valence-electron chi connectivity index (χ3n) is 2.21. The Morgan fingerprint density at radius 3 is 2.93 bits per heavy atom. The van der Waals surface area contributed by atoms with Crippen molar-refractivity contribution in [3.63, 3.8) is 0 Å². The van der Waals surface area contributed by atoms with E-state index in [4.69, 9.17) is 5.73 Å². The molecule has 1 heterocycles. The minimum Gasteiger partial charge on any atom is -0.399 e. The Labute approximate surface area is 83.0 Å². The normalized spacial score (nSPS) is 23.6. The van der Waals surface area contributed by atoms with Crippen LogP contribution in [0.2, 0.25) is 0 Å². The summed E-state index contributed by atoms with van der Waals surface area (Å²) >= 11 is 0. The van der Waals surface area contributed by atoms with Gasteiger partial charge in [-0.25, -0.2) is 8.42 Å². The van der Waals surface area contributed by atoms with Crippen LogP contribution in [0.25, 0.3) is 0 Å². The molecule has 1 aromatic rings. The fourth-order valence-corrected chi connectivity index (χ4v) is 3.34. The highest BCUT2D eigenvalue weighted by molar-refractivity contribution is 7.91. The predicted molar refractivity (Wildman–Crippen MR) is 56.0 cm³/mol. The maximum Gasteiger partial charge on any atom is 0.182 e. The number of fused-ring (bicyclic) bond motifs is 1. The summed E-state index contributed by atoms with van der Waals surface area (Å²) in [5, 5.41) is 3.11. The predicted octanol–water partition coefficient (Wildman–Crippen LogP) is 0.857. The van der Waals surface area contributed by atoms with Crippen molar-refractivity contribution in [2.24, 2.45) is 0 Å². The molecule has 1 unspecified atom stereocenters. The van der Waals surface area contributed by atoms with Gasteiger partial charge in [-0.05, 0) is 25.1 Å². The van der Waals surface area contributed by atoms with Gasteiger partial charge in [0.1, 0.15) is 0 Å². The number of rotatable bonds is 0. The summed E-state index contributed by atoms with van der Waals surface area (Å²) in [6.45, 7) is 1.84. The summed E-state index contributed by atoms with van der Waals surface area (Å²) in [7, 11) is -3.16. The van der Waals surface area contributed by atoms with Crippen LogP contribution >= 0.6 is 0 Å². The Morgan fingerprint density at radius 2 is 2.21 bits per heavy atom. The third-order valence-corrected chi connectivity index (χ3v) is 4.16. The molecule has 1 atom stereocenters. The van der Waals surface area contributed by atoms with E-state index in [2.05, 4.69) is 5.32 Å². The molecule has 1 aliphatic rings. The molecule has 0 bridgehead atoms. The number of sulfone groups is 1. The van der Waals surface area contributed by atoms with Crippen molar-refractivity contribution in [1.29, 1.82) is 0 Å². The molecule has 1 aromatic carbocycles. The van der Waals surface area contributed by atoms with Gasteiger partial charge in [-0.1, -0.05) is 0 Å². The minimum atomic E-state index is -3.16. The molecule has 3 N–H and O–H groups in total. The van der Waals surface area contributed by atoms with E-state index in [-0.39, 0.29) is 11.8 Å². The third kappa shape index (κ3) is 1.43. The van der Waals surface area contributed by atoms with Crippen molar-refractivity contribution in [3.05, 3.63) is 18.2 Å². The second-order valence-corrected chi connectivity index (χ2v) is 5.59. The fourth-order valence-electron chi connectivity index (χ4n) is 1.64. The first-order chi connectivity index (χ1) is 6.49. The summed E-state index contributed by atoms with van der Waals surface area (Å²) in [5.41, 5.74) is 6.67. The fraction of sp³-hybridized carbons (Fsp3) is 0.333. The Kier molecular flexibility index (Phi) is 1.92. The van der Waals surface area contributed by atoms with E-state index in [1.54, 1.807) is 12.1 Å². The molecular formula is C9H12N2O2S. The lowest BCUT2D eigenvalue weighted by atomic mass is 10.2. The summed E-state index contributed by atoms with van der Waals surface area (Å²) in [6.07, 6.45) is 0. The molecule has 1 aliphatic heterocycles. The maximum atomic E-state index is 11.7. The van der Waals surface area contributed by atoms with Crippen molar-refractivity contribution in [2.45, 2.75) is 17.9 Å². The first-order valence-electron chi connectivity index (χ1n) is 4.38. The van der Waals surface area contributed by atoms with Crippen LogP contribution in [-0.2, 0) is 9.84 Å². The highest BCUT2D eigenvalue weighted by Crippen LogP contribution is 2.29. The molecule has 0 amide bonds. The Balaban J connectivity index is 2.65. The van der Waals surface area contributed by atoms with Crippen molar-refractivity contribution in [2.75, 3.05) is 16.8 Å². The number of hydrogen-bond donors (Lipinski definition) is 2. The minimum absolute atomic E-state index is 0.0453. The van der Waals surface area contributed by atoms with Crippen LogP contribution in [0.1, 0.15) is 6.92 Å². The molecule has 0 spiro atoms. The van der Waals surface area contributed by atoms with Gasteiger partial charge in [-0.2, -0.15) is 0 Å². The van der Waals surface area contributed by atoms with E-state index < -0.39 is 9.84 Å². The molecule has 2 rings (SSSR count). The van der Waals surface area contributed by atoms with E-state index in [9.17, 15) is 8.42 Å². The average molecular weight is 212 g/mol. The van der Waals surface area contributed by atoms with Crippen LogP contribution in [0.4, 0.5) is 11.4 Å². The molecule has 76 valence electrons. The van der Waals surface area contributed by atoms with Gasteiger partial charge in [-0.15, -0.1) is 0 Å². The number of benzene rings is 1. The van der Waals surface area contributed by atoms with E-state index >= 15 is 0 Å². The Hall–Kier alpha value is -1.23. The van der Waals surface area contributed by atoms with Gasteiger partial charge in [-0.3, -0.25) is 0 Å². The van der Waals surface area contributed by atoms with Crippen LogP contribution in [0, 0.1) is 0 Å². The molecule has 0 aromatic heterocycles. The van der Waals surface area contributed by atoms with E-state index in [0.29, 0.717) is 16.3 Å². The average Bonchev–Trinajstić information content (AvgIpc) is 2.05. The number of nitrogens with one attached hydrogen (secondary N) is 1. The van der Waals surface area contributed by atoms with Crippen LogP contribution in [0.5, 0.6) is 0 Å². The van der Waals surface area contributed by atoms with Gasteiger partial charge in [0.2, 0.25) is 0 Å². The topological polar surface area (TPSA) is 72.2 Å². The first kappa shape index (κ1) is 9.33. The molecule has 0 saturated heterocycles. The second-order valence-electron chi connectivity index (χ2n) is 3.58. The maximum absolute atomic E-state index is 11.7. The highest BCUT2D eigenvalue weighted by Gasteiger charge is 2.27. The zero-order valence-corrected chi connectivity index (χ0v) is 8.64. The molecule has 0 saturated carbocycles. The SMILES string of the molecule is CC1CS(=O)(=O)c2cc(N)ccc2N1. The van der Waals surface area contributed by atoms with E-state index in [0.717, 1.165) is 0 Å². The van der Waals surface area contributed by atoms with Gasteiger partial charge < -0.3 is 11.1 Å². The van der Waals surface area contributed by atoms with Gasteiger partial charge >= 0.3 is 0 Å². The van der Waals surface area contributed by atoms with Gasteiger partial charge in [0.25, 0.3) is 0 Å². The Bertz CT molecular complexity index is 468. The second kappa shape index (κ2) is 2.88. The van der Waals surface area contributed by atoms with Gasteiger partial charge in [0.05, 0.1) is 16.3 Å². The molecule has 0 aliphatic carbocycles. The van der Waals surface area contributed by atoms with Crippen molar-refractivity contribution in [3.8, 4) is 0 Å². The summed E-state index contributed by atoms with van der Waals surface area (Å²) in [5.74, 6) is 0.128. The largest absolute Gasteiger partial charge is 0.399 e. The lowest BCUT2D eigenvalue weighted by Gasteiger charge is -2.24. The zero-order chi connectivity index (χ0) is 10.3. The molecule has 0 radical (unpaired) electrons. The number of hydrogen-bond acceptors (Lipinski definition) is 4. The molecular weight excluding hydrogens is 200 g/mol. The molecule has 0 fully saturated rings. The zero-order valence-electron chi connectivity index (χ0n) is 7.82.